The number of unbranched alkanes of at least 4 members (excludes halogenated alkanes) is 3. The Bertz CT molecular complexity index is 2140. The molecule has 0 radical (unpaired) electrons. The van der Waals surface area contributed by atoms with Gasteiger partial charge in [0.25, 0.3) is 0 Å². The van der Waals surface area contributed by atoms with Crippen LogP contribution in [0.5, 0.6) is 0 Å². The molecule has 0 amide bonds. The second kappa shape index (κ2) is 17.0. The third-order valence-corrected chi connectivity index (χ3v) is 10.1. The number of aromatic amines is 1. The Morgan fingerprint density at radius 2 is 1.56 bits per heavy atom. The van der Waals surface area contributed by atoms with E-state index in [4.69, 9.17) is 35.8 Å². The molecular formula is C40H42ClFN4O5S. The molecule has 3 aromatic carbocycles. The highest BCUT2D eigenvalue weighted by atomic mass is 35.5. The van der Waals surface area contributed by atoms with Gasteiger partial charge in [-0.15, -0.1) is 11.3 Å². The Morgan fingerprint density at radius 1 is 0.865 bits per heavy atom. The number of rotatable bonds is 17. The zero-order chi connectivity index (χ0) is 36.7. The molecule has 0 aliphatic carbocycles. The highest BCUT2D eigenvalue weighted by Gasteiger charge is 2.49. The topological polar surface area (TPSA) is 108 Å². The first-order valence-corrected chi connectivity index (χ1v) is 18.9. The van der Waals surface area contributed by atoms with Crippen LogP contribution in [0, 0.1) is 12.9 Å². The van der Waals surface area contributed by atoms with E-state index in [1.54, 1.807) is 18.3 Å². The minimum absolute atomic E-state index is 0.253. The van der Waals surface area contributed by atoms with E-state index in [1.165, 1.54) is 11.3 Å². The smallest absolute Gasteiger partial charge is 0.337 e. The van der Waals surface area contributed by atoms with E-state index in [-0.39, 0.29) is 19.8 Å². The average molecular weight is 745 g/mol. The predicted octanol–water partition coefficient (Wildman–Crippen LogP) is 10.7. The molecule has 6 rings (SSSR count). The Hall–Kier alpha value is -4.26. The molecule has 0 atom stereocenters. The Balaban J connectivity index is 1.54. The van der Waals surface area contributed by atoms with Gasteiger partial charge in [-0.05, 0) is 79.8 Å². The lowest BCUT2D eigenvalue weighted by Crippen LogP contribution is -2.44. The van der Waals surface area contributed by atoms with E-state index in [0.717, 1.165) is 68.7 Å². The van der Waals surface area contributed by atoms with Crippen molar-refractivity contribution in [2.45, 2.75) is 72.0 Å². The summed E-state index contributed by atoms with van der Waals surface area (Å²) in [4.78, 5) is 35.0. The number of aryl methyl sites for hydroxylation is 1. The summed E-state index contributed by atoms with van der Waals surface area (Å²) in [6, 6.07) is 18.6. The monoisotopic (exact) mass is 744 g/mol. The van der Waals surface area contributed by atoms with Crippen LogP contribution >= 0.6 is 22.9 Å². The molecule has 52 heavy (non-hydrogen) atoms. The molecule has 0 bridgehead atoms. The van der Waals surface area contributed by atoms with E-state index in [9.17, 15) is 9.18 Å². The summed E-state index contributed by atoms with van der Waals surface area (Å²) in [5.74, 6) is -3.18. The van der Waals surface area contributed by atoms with E-state index in [1.807, 2.05) is 62.4 Å². The van der Waals surface area contributed by atoms with Crippen molar-refractivity contribution in [3.63, 3.8) is 0 Å². The van der Waals surface area contributed by atoms with Crippen molar-refractivity contribution in [3.8, 4) is 33.0 Å². The van der Waals surface area contributed by atoms with Gasteiger partial charge in [-0.1, -0.05) is 69.8 Å². The maximum atomic E-state index is 14.4. The largest absolute Gasteiger partial charge is 0.406 e. The average Bonchev–Trinajstić information content (AvgIpc) is 3.75. The number of hydrogen-bond donors (Lipinski definition) is 1. The zero-order valence-electron chi connectivity index (χ0n) is 29.8. The van der Waals surface area contributed by atoms with E-state index < -0.39 is 17.7 Å². The Labute approximate surface area is 311 Å². The predicted molar refractivity (Wildman–Crippen MR) is 203 cm³/mol. The standard InChI is InChI=1S/C40H42ClFN4O5S/c1-5-8-19-48-40(49-20-9-6-2,39(47)51-50-21-10-7-3)35-25(4)22-33-36(34(35)26-11-14-29(41)15-12-26)52-38(44-33)28-17-18-43-31(24-28)27-13-16-30-32(23-27)45-46-37(30)42/h11-18,22-24H,5-10,19-21H2,1-4H3,(H,45,46). The van der Waals surface area contributed by atoms with Crippen LogP contribution in [0.25, 0.3) is 54.1 Å². The number of nitrogens with one attached hydrogen (secondary N) is 1. The summed E-state index contributed by atoms with van der Waals surface area (Å²) in [7, 11) is 0. The summed E-state index contributed by atoms with van der Waals surface area (Å²) >= 11 is 7.87. The third-order valence-electron chi connectivity index (χ3n) is 8.74. The van der Waals surface area contributed by atoms with Gasteiger partial charge in [0.2, 0.25) is 5.95 Å². The number of halogens is 2. The summed E-state index contributed by atoms with van der Waals surface area (Å²) < 4.78 is 28.0. The normalized spacial score (nSPS) is 11.9. The third kappa shape index (κ3) is 7.89. The van der Waals surface area contributed by atoms with Crippen molar-refractivity contribution in [1.29, 1.82) is 0 Å². The van der Waals surface area contributed by atoms with Crippen LogP contribution in [0.4, 0.5) is 4.39 Å². The Morgan fingerprint density at radius 3 is 2.27 bits per heavy atom. The van der Waals surface area contributed by atoms with Crippen molar-refractivity contribution in [2.24, 2.45) is 0 Å². The van der Waals surface area contributed by atoms with Gasteiger partial charge in [0, 0.05) is 33.5 Å². The molecule has 1 N–H and O–H groups in total. The molecule has 272 valence electrons. The molecule has 0 saturated carbocycles. The van der Waals surface area contributed by atoms with Gasteiger partial charge in [0.05, 0.1) is 46.6 Å². The van der Waals surface area contributed by atoms with Gasteiger partial charge in [-0.3, -0.25) is 15.0 Å². The number of fused-ring (bicyclic) bond motifs is 2. The van der Waals surface area contributed by atoms with Gasteiger partial charge in [-0.2, -0.15) is 14.4 Å². The fourth-order valence-corrected chi connectivity index (χ4v) is 7.22. The highest BCUT2D eigenvalue weighted by molar-refractivity contribution is 7.22. The molecule has 6 aromatic rings. The maximum absolute atomic E-state index is 14.4. The lowest BCUT2D eigenvalue weighted by atomic mass is 9.89. The number of pyridine rings is 1. The summed E-state index contributed by atoms with van der Waals surface area (Å²) in [6.07, 6.45) is 6.46. The molecule has 3 heterocycles. The fourth-order valence-electron chi connectivity index (χ4n) is 5.98. The number of benzene rings is 3. The van der Waals surface area contributed by atoms with Gasteiger partial charge in [-0.25, -0.2) is 9.78 Å². The highest BCUT2D eigenvalue weighted by Crippen LogP contribution is 2.47. The summed E-state index contributed by atoms with van der Waals surface area (Å²) in [5.41, 5.74) is 6.38. The van der Waals surface area contributed by atoms with Crippen LogP contribution in [0.2, 0.25) is 5.02 Å². The second-order valence-electron chi connectivity index (χ2n) is 12.6. The van der Waals surface area contributed by atoms with Crippen molar-refractivity contribution in [3.05, 3.63) is 89.0 Å². The minimum atomic E-state index is -1.93. The van der Waals surface area contributed by atoms with Gasteiger partial charge >= 0.3 is 11.8 Å². The van der Waals surface area contributed by atoms with Crippen molar-refractivity contribution in [1.82, 2.24) is 20.2 Å². The lowest BCUT2D eigenvalue weighted by Gasteiger charge is -2.34. The van der Waals surface area contributed by atoms with Gasteiger partial charge in [0.15, 0.2) is 0 Å². The Kier molecular flexibility index (Phi) is 12.3. The SMILES string of the molecule is CCCCOOC(=O)C(OCCCC)(OCCCC)c1c(C)cc2nc(-c3ccnc(-c4ccc5c(F)[nH]nc5c4)c3)sc2c1-c1ccc(Cl)cc1. The van der Waals surface area contributed by atoms with Crippen LogP contribution in [0.3, 0.4) is 0 Å². The number of H-pyrrole nitrogens is 1. The number of hydrogen-bond acceptors (Lipinski definition) is 9. The molecule has 0 aliphatic heterocycles. The first kappa shape index (κ1) is 37.5. The molecule has 3 aromatic heterocycles. The minimum Gasteiger partial charge on any atom is -0.337 e. The van der Waals surface area contributed by atoms with Gasteiger partial charge in [0.1, 0.15) is 5.01 Å². The van der Waals surface area contributed by atoms with Crippen molar-refractivity contribution < 1.29 is 28.4 Å². The van der Waals surface area contributed by atoms with Crippen molar-refractivity contribution >= 4 is 50.0 Å². The zero-order valence-corrected chi connectivity index (χ0v) is 31.3. The number of ether oxygens (including phenoxy) is 2. The molecule has 12 heteroatoms. The van der Waals surface area contributed by atoms with Crippen LogP contribution in [-0.2, 0) is 29.8 Å². The molecule has 0 spiro atoms. The van der Waals surface area contributed by atoms with Gasteiger partial charge < -0.3 is 9.47 Å². The summed E-state index contributed by atoms with van der Waals surface area (Å²) in [6.45, 7) is 8.85. The molecule has 0 saturated heterocycles. The molecule has 0 unspecified atom stereocenters. The van der Waals surface area contributed by atoms with E-state index in [0.29, 0.717) is 40.0 Å². The number of nitrogens with zero attached hydrogens (tertiary/aromatic N) is 3. The number of aromatic nitrogens is 4. The molecule has 0 aliphatic rings. The lowest BCUT2D eigenvalue weighted by molar-refractivity contribution is -0.321. The fraction of sp³-hybridized carbons (Fsp3) is 0.350. The maximum Gasteiger partial charge on any atom is 0.406 e. The summed E-state index contributed by atoms with van der Waals surface area (Å²) in [5, 5.41) is 8.20. The van der Waals surface area contributed by atoms with Crippen LogP contribution in [0.15, 0.2) is 66.9 Å². The second-order valence-corrected chi connectivity index (χ2v) is 14.0. The number of carbonyl (C=O) groups excluding carboxylic acids is 1. The quantitative estimate of drug-likeness (QED) is 0.0425. The van der Waals surface area contributed by atoms with Crippen LogP contribution < -0.4 is 0 Å². The van der Waals surface area contributed by atoms with Crippen LogP contribution in [-0.4, -0.2) is 46.0 Å². The molecule has 0 fully saturated rings. The number of thiazole rings is 1. The molecule has 9 nitrogen and oxygen atoms in total. The first-order valence-electron chi connectivity index (χ1n) is 17.7. The van der Waals surface area contributed by atoms with Crippen LogP contribution in [0.1, 0.15) is 70.4 Å². The van der Waals surface area contributed by atoms with Crippen molar-refractivity contribution in [2.75, 3.05) is 19.8 Å². The van der Waals surface area contributed by atoms with E-state index >= 15 is 0 Å². The first-order chi connectivity index (χ1) is 25.3. The molecular weight excluding hydrogens is 703 g/mol. The number of carbonyl (C=O) groups is 1. The van der Waals surface area contributed by atoms with E-state index in [2.05, 4.69) is 29.0 Å².